The lowest BCUT2D eigenvalue weighted by molar-refractivity contribution is 0.312. The van der Waals surface area contributed by atoms with Crippen LogP contribution in [0.2, 0.25) is 5.02 Å². The van der Waals surface area contributed by atoms with Crippen molar-refractivity contribution in [2.45, 2.75) is 13.1 Å². The van der Waals surface area contributed by atoms with Crippen LogP contribution in [0, 0.1) is 0 Å². The Labute approximate surface area is 172 Å². The average molecular weight is 401 g/mol. The van der Waals surface area contributed by atoms with Gasteiger partial charge in [0.05, 0.1) is 0 Å². The summed E-state index contributed by atoms with van der Waals surface area (Å²) < 4.78 is 0. The molecule has 150 valence electrons. The summed E-state index contributed by atoms with van der Waals surface area (Å²) in [7, 11) is 5.96. The van der Waals surface area contributed by atoms with Crippen LogP contribution in [0.25, 0.3) is 0 Å². The van der Waals surface area contributed by atoms with Crippen molar-refractivity contribution >= 4 is 23.4 Å². The van der Waals surface area contributed by atoms with E-state index < -0.39 is 0 Å². The molecule has 1 aliphatic heterocycles. The summed E-state index contributed by atoms with van der Waals surface area (Å²) in [6, 6.07) is 12.1. The molecule has 2 heterocycles. The Morgan fingerprint density at radius 3 is 2.57 bits per heavy atom. The zero-order valence-corrected chi connectivity index (χ0v) is 17.7. The van der Waals surface area contributed by atoms with Gasteiger partial charge in [-0.2, -0.15) is 0 Å². The molecule has 6 nitrogen and oxygen atoms in total. The number of hydrogen-bond donors (Lipinski definition) is 1. The summed E-state index contributed by atoms with van der Waals surface area (Å²) in [4.78, 5) is 15.8. The average Bonchev–Trinajstić information content (AvgIpc) is 2.71. The maximum atomic E-state index is 6.27. The van der Waals surface area contributed by atoms with Gasteiger partial charge in [0.1, 0.15) is 5.82 Å². The van der Waals surface area contributed by atoms with Crippen LogP contribution in [0.4, 0.5) is 5.82 Å². The van der Waals surface area contributed by atoms with Gasteiger partial charge in [0, 0.05) is 64.6 Å². The van der Waals surface area contributed by atoms with E-state index in [-0.39, 0.29) is 0 Å². The number of nitrogens with one attached hydrogen (secondary N) is 1. The third-order valence-electron chi connectivity index (χ3n) is 5.03. The lowest BCUT2D eigenvalue weighted by atomic mass is 10.2. The highest BCUT2D eigenvalue weighted by molar-refractivity contribution is 6.31. The molecule has 1 fully saturated rings. The van der Waals surface area contributed by atoms with Crippen LogP contribution in [-0.2, 0) is 13.1 Å². The van der Waals surface area contributed by atoms with Crippen molar-refractivity contribution in [2.75, 3.05) is 52.2 Å². The van der Waals surface area contributed by atoms with Crippen molar-refractivity contribution in [1.29, 1.82) is 0 Å². The second-order valence-corrected chi connectivity index (χ2v) is 7.57. The number of piperazine rings is 1. The minimum atomic E-state index is 0.676. The van der Waals surface area contributed by atoms with E-state index in [1.54, 1.807) is 7.05 Å². The summed E-state index contributed by atoms with van der Waals surface area (Å²) >= 11 is 6.27. The smallest absolute Gasteiger partial charge is 0.193 e. The van der Waals surface area contributed by atoms with Crippen LogP contribution in [0.1, 0.15) is 11.1 Å². The SMILES string of the molecule is CN=C(NCc1ccc(N2CCN(C)CC2)nc1)N(C)Cc1ccccc1Cl. The lowest BCUT2D eigenvalue weighted by Crippen LogP contribution is -2.44. The molecular weight excluding hydrogens is 372 g/mol. The number of aromatic nitrogens is 1. The largest absolute Gasteiger partial charge is 0.354 e. The number of nitrogens with zero attached hydrogens (tertiary/aromatic N) is 5. The van der Waals surface area contributed by atoms with E-state index in [1.165, 1.54) is 0 Å². The Kier molecular flexibility index (Phi) is 7.12. The van der Waals surface area contributed by atoms with Gasteiger partial charge in [0.15, 0.2) is 5.96 Å². The molecule has 28 heavy (non-hydrogen) atoms. The molecule has 3 rings (SSSR count). The van der Waals surface area contributed by atoms with Gasteiger partial charge in [-0.05, 0) is 30.3 Å². The molecule has 0 bridgehead atoms. The molecule has 0 spiro atoms. The molecule has 1 aliphatic rings. The molecule has 0 radical (unpaired) electrons. The summed E-state index contributed by atoms with van der Waals surface area (Å²) in [6.45, 7) is 5.59. The van der Waals surface area contributed by atoms with E-state index >= 15 is 0 Å². The van der Waals surface area contributed by atoms with Gasteiger partial charge in [-0.1, -0.05) is 35.9 Å². The second-order valence-electron chi connectivity index (χ2n) is 7.16. The van der Waals surface area contributed by atoms with Crippen molar-refractivity contribution in [3.8, 4) is 0 Å². The predicted molar refractivity (Wildman–Crippen MR) is 117 cm³/mol. The van der Waals surface area contributed by atoms with E-state index in [0.717, 1.165) is 54.1 Å². The van der Waals surface area contributed by atoms with Gasteiger partial charge < -0.3 is 20.0 Å². The number of halogens is 1. The fraction of sp³-hybridized carbons (Fsp3) is 0.429. The lowest BCUT2D eigenvalue weighted by Gasteiger charge is -2.33. The van der Waals surface area contributed by atoms with Gasteiger partial charge >= 0.3 is 0 Å². The molecule has 7 heteroatoms. The topological polar surface area (TPSA) is 47.0 Å². The minimum Gasteiger partial charge on any atom is -0.354 e. The van der Waals surface area contributed by atoms with Gasteiger partial charge in [-0.15, -0.1) is 0 Å². The first-order valence-electron chi connectivity index (χ1n) is 9.60. The number of hydrogen-bond acceptors (Lipinski definition) is 4. The van der Waals surface area contributed by atoms with Crippen molar-refractivity contribution in [2.24, 2.45) is 4.99 Å². The summed E-state index contributed by atoms with van der Waals surface area (Å²) in [5, 5.41) is 4.17. The van der Waals surface area contributed by atoms with Crippen molar-refractivity contribution in [3.63, 3.8) is 0 Å². The highest BCUT2D eigenvalue weighted by atomic mass is 35.5. The highest BCUT2D eigenvalue weighted by Crippen LogP contribution is 2.17. The fourth-order valence-corrected chi connectivity index (χ4v) is 3.46. The molecule has 1 saturated heterocycles. The first-order valence-corrected chi connectivity index (χ1v) is 9.98. The van der Waals surface area contributed by atoms with Crippen LogP contribution in [0.3, 0.4) is 0 Å². The number of pyridine rings is 1. The van der Waals surface area contributed by atoms with E-state index in [1.807, 2.05) is 37.5 Å². The van der Waals surface area contributed by atoms with Crippen LogP contribution in [0.15, 0.2) is 47.6 Å². The number of benzene rings is 1. The molecule has 1 N–H and O–H groups in total. The summed E-state index contributed by atoms with van der Waals surface area (Å²) in [6.07, 6.45) is 1.95. The minimum absolute atomic E-state index is 0.676. The molecular formula is C21H29ClN6. The molecule has 1 aromatic heterocycles. The Morgan fingerprint density at radius 2 is 1.93 bits per heavy atom. The molecule has 0 amide bonds. The van der Waals surface area contributed by atoms with E-state index in [4.69, 9.17) is 11.6 Å². The molecule has 0 aliphatic carbocycles. The predicted octanol–water partition coefficient (Wildman–Crippen LogP) is 2.69. The van der Waals surface area contributed by atoms with Crippen molar-refractivity contribution < 1.29 is 0 Å². The van der Waals surface area contributed by atoms with Gasteiger partial charge in [-0.25, -0.2) is 4.98 Å². The molecule has 0 atom stereocenters. The number of anilines is 1. The maximum Gasteiger partial charge on any atom is 0.193 e. The van der Waals surface area contributed by atoms with Crippen LogP contribution < -0.4 is 10.2 Å². The number of rotatable bonds is 5. The van der Waals surface area contributed by atoms with Crippen LogP contribution >= 0.6 is 11.6 Å². The Bertz CT molecular complexity index is 784. The molecule has 1 aromatic carbocycles. The second kappa shape index (κ2) is 9.75. The van der Waals surface area contributed by atoms with Gasteiger partial charge in [-0.3, -0.25) is 4.99 Å². The monoisotopic (exact) mass is 400 g/mol. The Hall–Kier alpha value is -2.31. The van der Waals surface area contributed by atoms with E-state index in [0.29, 0.717) is 13.1 Å². The van der Waals surface area contributed by atoms with E-state index in [2.05, 4.69) is 49.2 Å². The summed E-state index contributed by atoms with van der Waals surface area (Å²) in [5.74, 6) is 1.88. The Balaban J connectivity index is 1.54. The van der Waals surface area contributed by atoms with E-state index in [9.17, 15) is 0 Å². The zero-order valence-electron chi connectivity index (χ0n) is 16.9. The normalized spacial score (nSPS) is 15.6. The van der Waals surface area contributed by atoms with Gasteiger partial charge in [0.25, 0.3) is 0 Å². The van der Waals surface area contributed by atoms with Crippen LogP contribution in [-0.4, -0.2) is 68.1 Å². The quantitative estimate of drug-likeness (QED) is 0.617. The number of likely N-dealkylation sites (N-methyl/N-ethyl adjacent to an activating group) is 1. The number of aliphatic imine (C=N–C) groups is 1. The first kappa shape index (κ1) is 20.4. The molecule has 0 saturated carbocycles. The van der Waals surface area contributed by atoms with Crippen molar-refractivity contribution in [3.05, 3.63) is 58.7 Å². The summed E-state index contributed by atoms with van der Waals surface area (Å²) in [5.41, 5.74) is 2.21. The maximum absolute atomic E-state index is 6.27. The molecule has 2 aromatic rings. The van der Waals surface area contributed by atoms with Gasteiger partial charge in [0.2, 0.25) is 0 Å². The van der Waals surface area contributed by atoms with Crippen LogP contribution in [0.5, 0.6) is 0 Å². The third-order valence-corrected chi connectivity index (χ3v) is 5.39. The highest BCUT2D eigenvalue weighted by Gasteiger charge is 2.15. The Morgan fingerprint density at radius 1 is 1.18 bits per heavy atom. The zero-order chi connectivity index (χ0) is 19.9. The number of guanidine groups is 1. The molecule has 0 unspecified atom stereocenters. The third kappa shape index (κ3) is 5.36. The fourth-order valence-electron chi connectivity index (χ4n) is 3.27. The standard InChI is InChI=1S/C21H29ClN6/c1-23-21(27(3)16-18-6-4-5-7-19(18)22)25-15-17-8-9-20(24-14-17)28-12-10-26(2)11-13-28/h4-9,14H,10-13,15-16H2,1-3H3,(H,23,25). The van der Waals surface area contributed by atoms with Crippen molar-refractivity contribution in [1.82, 2.24) is 20.1 Å². The first-order chi connectivity index (χ1) is 13.6.